The van der Waals surface area contributed by atoms with E-state index in [4.69, 9.17) is 19.4 Å². The maximum atomic E-state index is 12.6. The monoisotopic (exact) mass is 456 g/mol. The first-order valence-corrected chi connectivity index (χ1v) is 10.4. The van der Waals surface area contributed by atoms with Crippen LogP contribution in [0, 0.1) is 0 Å². The minimum Gasteiger partial charge on any atom is -0.493 e. The average Bonchev–Trinajstić information content (AvgIpc) is 3.25. The van der Waals surface area contributed by atoms with E-state index in [9.17, 15) is 9.18 Å². The molecule has 33 heavy (non-hydrogen) atoms. The number of carbonyl (C=O) groups is 1. The second-order valence-corrected chi connectivity index (χ2v) is 7.92. The van der Waals surface area contributed by atoms with E-state index in [-0.39, 0.29) is 15.3 Å². The molecule has 3 aromatic heterocycles. The molecule has 0 fully saturated rings. The highest BCUT2D eigenvalue weighted by atomic mass is 19.1. The summed E-state index contributed by atoms with van der Waals surface area (Å²) < 4.78 is 23.5. The number of halogens is 1. The second kappa shape index (κ2) is 8.89. The summed E-state index contributed by atoms with van der Waals surface area (Å²) in [6.45, 7) is 2.69. The maximum Gasteiger partial charge on any atom is 0.245 e. The quantitative estimate of drug-likeness (QED) is 0.368. The normalized spacial score (nSPS) is 11.5. The molecule has 0 aliphatic heterocycles. The first kappa shape index (κ1) is 22.3. The number of benzene rings is 1. The van der Waals surface area contributed by atoms with Crippen molar-refractivity contribution in [2.24, 2.45) is 0 Å². The number of rotatable bonds is 8. The van der Waals surface area contributed by atoms with Crippen molar-refractivity contribution in [1.82, 2.24) is 25.3 Å². The number of aromatic nitrogens is 4. The first-order chi connectivity index (χ1) is 15.9. The Hall–Kier alpha value is -3.95. The Bertz CT molecular complexity index is 1330. The summed E-state index contributed by atoms with van der Waals surface area (Å²) in [4.78, 5) is 29.6. The molecule has 4 aromatic rings. The van der Waals surface area contributed by atoms with Gasteiger partial charge in [-0.15, -0.1) is 0 Å². The number of hydrogen-bond acceptors (Lipinski definition) is 7. The molecule has 0 spiro atoms. The van der Waals surface area contributed by atoms with Crippen LogP contribution in [0.1, 0.15) is 16.7 Å². The van der Waals surface area contributed by atoms with Crippen molar-refractivity contribution in [2.75, 3.05) is 32.8 Å². The Morgan fingerprint density at radius 2 is 1.94 bits per heavy atom. The lowest BCUT2D eigenvalue weighted by molar-refractivity contribution is -0.124. The van der Waals surface area contributed by atoms with Crippen molar-refractivity contribution in [3.63, 3.8) is 0 Å². The van der Waals surface area contributed by atoms with Gasteiger partial charge in [-0.2, -0.15) is 0 Å². The Morgan fingerprint density at radius 3 is 2.67 bits per heavy atom. The number of H-pyrrole nitrogens is 1. The lowest BCUT2D eigenvalue weighted by Gasteiger charge is -2.26. The summed E-state index contributed by atoms with van der Waals surface area (Å²) in [6.07, 6.45) is 3.50. The van der Waals surface area contributed by atoms with E-state index in [1.54, 1.807) is 52.6 Å². The summed E-state index contributed by atoms with van der Waals surface area (Å²) in [5.41, 5.74) is 0.989. The summed E-state index contributed by atoms with van der Waals surface area (Å²) >= 11 is 0. The molecule has 0 aliphatic carbocycles. The van der Waals surface area contributed by atoms with E-state index in [0.29, 0.717) is 39.7 Å². The molecule has 1 amide bonds. The van der Waals surface area contributed by atoms with Crippen molar-refractivity contribution in [1.29, 1.82) is 0 Å². The van der Waals surface area contributed by atoms with Gasteiger partial charge in [0.1, 0.15) is 23.7 Å². The number of anilines is 1. The zero-order chi connectivity index (χ0) is 23.6. The minimum absolute atomic E-state index is 0. The lowest BCUT2D eigenvalue weighted by atomic mass is 10.0. The zero-order valence-electron chi connectivity index (χ0n) is 18.8. The van der Waals surface area contributed by atoms with Crippen molar-refractivity contribution in [2.45, 2.75) is 19.4 Å². The Kier molecular flexibility index (Phi) is 5.99. The highest BCUT2D eigenvalue weighted by molar-refractivity contribution is 5.98. The summed E-state index contributed by atoms with van der Waals surface area (Å²) in [5, 5.41) is 7.28. The number of carbonyl (C=O) groups excluding carboxylic acids is 1. The van der Waals surface area contributed by atoms with Gasteiger partial charge in [0.15, 0.2) is 17.3 Å². The Morgan fingerprint density at radius 1 is 1.18 bits per heavy atom. The van der Waals surface area contributed by atoms with Crippen LogP contribution in [-0.4, -0.2) is 58.8 Å². The van der Waals surface area contributed by atoms with Gasteiger partial charge in [0.25, 0.3) is 0 Å². The largest absolute Gasteiger partial charge is 0.493 e. The third kappa shape index (κ3) is 4.23. The number of alkyl halides is 1. The van der Waals surface area contributed by atoms with Gasteiger partial charge in [0.2, 0.25) is 5.91 Å². The van der Waals surface area contributed by atoms with Crippen LogP contribution in [0.15, 0.2) is 36.7 Å². The van der Waals surface area contributed by atoms with E-state index in [1.165, 1.54) is 0 Å². The van der Waals surface area contributed by atoms with Crippen molar-refractivity contribution < 1.29 is 21.5 Å². The van der Waals surface area contributed by atoms with Gasteiger partial charge in [-0.05, 0) is 32.0 Å². The highest BCUT2D eigenvalue weighted by Crippen LogP contribution is 2.37. The molecule has 0 bridgehead atoms. The van der Waals surface area contributed by atoms with Crippen LogP contribution < -0.4 is 20.1 Å². The molecule has 1 aromatic carbocycles. The van der Waals surface area contributed by atoms with E-state index >= 15 is 0 Å². The molecule has 0 unspecified atom stereocenters. The van der Waals surface area contributed by atoms with Crippen LogP contribution >= 0.6 is 0 Å². The smallest absolute Gasteiger partial charge is 0.245 e. The van der Waals surface area contributed by atoms with Crippen LogP contribution in [0.3, 0.4) is 0 Å². The minimum atomic E-state index is -1.08. The molecule has 10 heteroatoms. The zero-order valence-corrected chi connectivity index (χ0v) is 18.8. The predicted molar refractivity (Wildman–Crippen MR) is 129 cm³/mol. The Labute approximate surface area is 192 Å². The number of ether oxygens (including phenoxy) is 2. The van der Waals surface area contributed by atoms with E-state index in [2.05, 4.69) is 20.6 Å². The predicted octanol–water partition coefficient (Wildman–Crippen LogP) is 3.96. The Balaban J connectivity index is 0.00000216. The van der Waals surface area contributed by atoms with Gasteiger partial charge in [0.05, 0.1) is 19.7 Å². The van der Waals surface area contributed by atoms with Crippen LogP contribution in [0.5, 0.6) is 11.5 Å². The van der Waals surface area contributed by atoms with Crippen molar-refractivity contribution in [3.8, 4) is 22.9 Å². The van der Waals surface area contributed by atoms with Gasteiger partial charge in [0, 0.05) is 44.2 Å². The van der Waals surface area contributed by atoms with Gasteiger partial charge in [-0.1, -0.05) is 0 Å². The average molecular weight is 457 g/mol. The summed E-state index contributed by atoms with van der Waals surface area (Å²) in [5.74, 6) is 1.53. The van der Waals surface area contributed by atoms with Crippen molar-refractivity contribution >= 4 is 33.7 Å². The van der Waals surface area contributed by atoms with E-state index in [1.807, 2.05) is 12.1 Å². The number of fused-ring (bicyclic) bond motifs is 2. The molecule has 9 nitrogen and oxygen atoms in total. The molecule has 4 rings (SSSR count). The number of nitrogens with one attached hydrogen (secondary N) is 3. The standard InChI is InChI=1S/C23H25FN6O3.2H2/c1-23(2,22(31)26-9-7-24)30-21-14-10-17(32-3)18(33-4)11-16(14)28-20(29-21)15-12-27-19-13(15)6-5-8-25-19;;/h5-6,8,10-12H,7,9H2,1-4H3,(H,25,27)(H,26,31)(H,28,29,30);2*1H. The molecule has 0 saturated carbocycles. The van der Waals surface area contributed by atoms with Crippen molar-refractivity contribution in [3.05, 3.63) is 36.7 Å². The molecule has 3 heterocycles. The fourth-order valence-corrected chi connectivity index (χ4v) is 3.55. The molecule has 176 valence electrons. The number of nitrogens with zero attached hydrogens (tertiary/aromatic N) is 3. The van der Waals surface area contributed by atoms with Gasteiger partial charge in [-0.3, -0.25) is 4.79 Å². The molecule has 3 N–H and O–H groups in total. The molecule has 0 saturated heterocycles. The topological polar surface area (TPSA) is 114 Å². The SMILES string of the molecule is COc1cc2nc(-c3c[nH]c4ncccc34)nc(NC(C)(C)C(=O)NCCF)c2cc1OC.[HH].[HH]. The fourth-order valence-electron chi connectivity index (χ4n) is 3.55. The number of aromatic amines is 1. The second-order valence-electron chi connectivity index (χ2n) is 7.92. The van der Waals surface area contributed by atoms with Crippen LogP contribution in [0.4, 0.5) is 10.2 Å². The fraction of sp³-hybridized carbons (Fsp3) is 0.304. The van der Waals surface area contributed by atoms with Crippen LogP contribution in [-0.2, 0) is 4.79 Å². The number of hydrogen-bond donors (Lipinski definition) is 3. The molecule has 0 aliphatic rings. The number of amides is 1. The third-order valence-corrected chi connectivity index (χ3v) is 5.27. The number of pyridine rings is 1. The van der Waals surface area contributed by atoms with Gasteiger partial charge < -0.3 is 25.1 Å². The van der Waals surface area contributed by atoms with E-state index < -0.39 is 12.2 Å². The lowest BCUT2D eigenvalue weighted by Crippen LogP contribution is -2.48. The van der Waals surface area contributed by atoms with E-state index in [0.717, 1.165) is 10.9 Å². The third-order valence-electron chi connectivity index (χ3n) is 5.27. The maximum absolute atomic E-state index is 12.6. The molecular weight excluding hydrogens is 427 g/mol. The van der Waals surface area contributed by atoms with Gasteiger partial charge >= 0.3 is 0 Å². The van der Waals surface area contributed by atoms with Gasteiger partial charge in [-0.25, -0.2) is 19.3 Å². The van der Waals surface area contributed by atoms with Crippen LogP contribution in [0.25, 0.3) is 33.3 Å². The summed E-state index contributed by atoms with van der Waals surface area (Å²) in [6, 6.07) is 7.28. The molecule has 0 radical (unpaired) electrons. The highest BCUT2D eigenvalue weighted by Gasteiger charge is 2.29. The first-order valence-electron chi connectivity index (χ1n) is 10.4. The van der Waals surface area contributed by atoms with Crippen LogP contribution in [0.2, 0.25) is 0 Å². The number of methoxy groups -OCH3 is 2. The molecule has 0 atom stereocenters. The summed E-state index contributed by atoms with van der Waals surface area (Å²) in [7, 11) is 3.09. The molecular formula is C23H29FN6O3.